The van der Waals surface area contributed by atoms with Crippen molar-refractivity contribution >= 4 is 56.1 Å². The molecular formula is C37H92BrClF4INO4. The van der Waals surface area contributed by atoms with Crippen molar-refractivity contribution in [3.63, 3.8) is 0 Å². The van der Waals surface area contributed by atoms with E-state index in [0.29, 0.717) is 12.6 Å². The van der Waals surface area contributed by atoms with Gasteiger partial charge in [0.15, 0.2) is 7.05 Å². The Kier molecular flexibility index (Phi) is 195. The van der Waals surface area contributed by atoms with Gasteiger partial charge < -0.3 is 5.11 Å². The lowest BCUT2D eigenvalue weighted by Gasteiger charge is -2.05. The molecule has 0 unspecified atom stereocenters. The molecule has 1 saturated carbocycles. The Morgan fingerprint density at radius 2 is 0.939 bits per heavy atom. The monoisotopic (exact) mass is 931 g/mol. The highest BCUT2D eigenvalue weighted by Gasteiger charge is 2.15. The quantitative estimate of drug-likeness (QED) is 0.101. The van der Waals surface area contributed by atoms with Gasteiger partial charge in [-0.1, -0.05) is 208 Å². The third-order valence-corrected chi connectivity index (χ3v) is 2.07. The molecule has 0 aromatic heterocycles. The van der Waals surface area contributed by atoms with E-state index >= 15 is 0 Å². The number of alkyl halides is 7. The molecule has 0 saturated heterocycles. The maximum Gasteiger partial charge on any atom is 0.386 e. The van der Waals surface area contributed by atoms with E-state index in [1.165, 1.54) is 57.7 Å². The highest BCUT2D eigenvalue weighted by atomic mass is 127. The highest BCUT2D eigenvalue weighted by Crippen LogP contribution is 2.26. The van der Waals surface area contributed by atoms with E-state index in [9.17, 15) is 17.6 Å². The molecule has 1 fully saturated rings. The summed E-state index contributed by atoms with van der Waals surface area (Å²) in [6.07, 6.45) is 8.41. The van der Waals surface area contributed by atoms with Crippen LogP contribution in [0.2, 0.25) is 0 Å². The number of aliphatic carboxylic acids is 1. The van der Waals surface area contributed by atoms with Gasteiger partial charge in [-0.05, 0) is 28.0 Å². The topological polar surface area (TPSA) is 80.4 Å². The summed E-state index contributed by atoms with van der Waals surface area (Å²) >= 11 is 9.73. The zero-order valence-electron chi connectivity index (χ0n) is 36.1. The van der Waals surface area contributed by atoms with Gasteiger partial charge in [0.25, 0.3) is 5.97 Å². The van der Waals surface area contributed by atoms with Crippen LogP contribution in [0.5, 0.6) is 0 Å². The first kappa shape index (κ1) is 92.2. The first-order chi connectivity index (χ1) is 21.8. The Labute approximate surface area is 335 Å². The molecule has 0 amide bonds. The fourth-order valence-electron chi connectivity index (χ4n) is 0.520. The van der Waals surface area contributed by atoms with Crippen molar-refractivity contribution in [3.8, 4) is 0 Å². The summed E-state index contributed by atoms with van der Waals surface area (Å²) in [5.74, 6) is 2.90. The molecule has 12 heteroatoms. The zero-order valence-corrected chi connectivity index (χ0v) is 40.6. The predicted molar refractivity (Wildman–Crippen MR) is 235 cm³/mol. The first-order valence-corrected chi connectivity index (χ1v) is 21.2. The van der Waals surface area contributed by atoms with Crippen molar-refractivity contribution in [2.24, 2.45) is 17.3 Å². The second kappa shape index (κ2) is 104. The number of carboxylic acid groups (broad SMARTS) is 1. The average molecular weight is 933 g/mol. The highest BCUT2D eigenvalue weighted by molar-refractivity contribution is 14.1. The van der Waals surface area contributed by atoms with Crippen LogP contribution in [0.25, 0.3) is 0 Å². The maximum atomic E-state index is 10.4. The van der Waals surface area contributed by atoms with Crippen molar-refractivity contribution in [2.75, 3.05) is 31.4 Å². The number of rotatable bonds is 3. The molecule has 0 aromatic rings. The number of hydrogen-bond acceptors (Lipinski definition) is 3. The zero-order chi connectivity index (χ0) is 43.0. The van der Waals surface area contributed by atoms with E-state index in [0.717, 1.165) is 25.8 Å². The molecule has 318 valence electrons. The Morgan fingerprint density at radius 3 is 0.939 bits per heavy atom. The molecule has 0 radical (unpaired) electrons. The number of carboxylic acids is 1. The Morgan fingerprint density at radius 1 is 0.857 bits per heavy atom. The van der Waals surface area contributed by atoms with E-state index < -0.39 is 17.1 Å². The van der Waals surface area contributed by atoms with Crippen LogP contribution in [-0.4, -0.2) is 53.5 Å². The third-order valence-electron chi connectivity index (χ3n) is 2.07. The fourth-order valence-corrected chi connectivity index (χ4v) is 0.520. The lowest BCUT2D eigenvalue weighted by molar-refractivity contribution is -0.445. The molecule has 0 atom stereocenters. The molecule has 0 aliphatic heterocycles. The SMILES string of the molecule is C.CBr.CC.CC(=O)O.CC(C)(C)C.CC(C)C.CC(F)(F)F.CC1CC1.CCC.CCCC.CCCCC.CCl.CF.CI.C[N+](=O)[O-]. The number of unbranched alkanes of at least 4 members (excludes halogenated alkanes) is 3. The third kappa shape index (κ3) is 2750. The summed E-state index contributed by atoms with van der Waals surface area (Å²) in [5.41, 5.74) is 0.500. The van der Waals surface area contributed by atoms with Gasteiger partial charge in [0.05, 0.1) is 7.18 Å². The Bertz CT molecular complexity index is 381. The molecule has 1 rings (SSSR count). The van der Waals surface area contributed by atoms with Crippen LogP contribution in [-0.2, 0) is 4.79 Å². The van der Waals surface area contributed by atoms with Crippen molar-refractivity contribution in [1.29, 1.82) is 0 Å². The molecule has 0 heterocycles. The van der Waals surface area contributed by atoms with Crippen LogP contribution in [0.1, 0.15) is 183 Å². The number of hydrogen-bond donors (Lipinski definition) is 1. The van der Waals surface area contributed by atoms with Crippen LogP contribution >= 0.6 is 50.1 Å². The molecule has 49 heavy (non-hydrogen) atoms. The van der Waals surface area contributed by atoms with Crippen molar-refractivity contribution in [3.05, 3.63) is 10.1 Å². The summed E-state index contributed by atoms with van der Waals surface area (Å²) < 4.78 is 40.6. The average Bonchev–Trinajstić information content (AvgIpc) is 3.75. The minimum absolute atomic E-state index is 0. The van der Waals surface area contributed by atoms with E-state index in [4.69, 9.17) is 20.0 Å². The van der Waals surface area contributed by atoms with E-state index in [1.807, 2.05) is 24.6 Å². The van der Waals surface area contributed by atoms with E-state index in [1.54, 1.807) is 0 Å². The molecular weight excluding hydrogens is 841 g/mol. The predicted octanol–water partition coefficient (Wildman–Crippen LogP) is 17.3. The molecule has 0 spiro atoms. The van der Waals surface area contributed by atoms with Gasteiger partial charge in [-0.15, -0.1) is 11.6 Å². The normalized spacial score (nSPS) is 8.80. The molecule has 1 aliphatic rings. The van der Waals surface area contributed by atoms with Crippen LogP contribution < -0.4 is 0 Å². The van der Waals surface area contributed by atoms with Gasteiger partial charge in [0, 0.05) is 25.2 Å². The summed E-state index contributed by atoms with van der Waals surface area (Å²) in [5, 5.41) is 16.2. The molecule has 1 N–H and O–H groups in total. The summed E-state index contributed by atoms with van der Waals surface area (Å²) in [6, 6.07) is 0. The summed E-state index contributed by atoms with van der Waals surface area (Å²) in [6.45, 7) is 35.8. The van der Waals surface area contributed by atoms with Gasteiger partial charge >= 0.3 is 6.18 Å². The van der Waals surface area contributed by atoms with E-state index in [2.05, 4.69) is 147 Å². The lowest BCUT2D eigenvalue weighted by Crippen LogP contribution is -1.95. The van der Waals surface area contributed by atoms with E-state index in [-0.39, 0.29) is 14.4 Å². The van der Waals surface area contributed by atoms with Crippen LogP contribution in [0.3, 0.4) is 0 Å². The summed E-state index contributed by atoms with van der Waals surface area (Å²) in [4.78, 5) is 19.3. The second-order valence-corrected chi connectivity index (χ2v) is 11.2. The van der Waals surface area contributed by atoms with Crippen LogP contribution in [0, 0.1) is 27.4 Å². The summed E-state index contributed by atoms with van der Waals surface area (Å²) in [7, 11) is 1.39. The van der Waals surface area contributed by atoms with Gasteiger partial charge in [-0.3, -0.25) is 19.3 Å². The van der Waals surface area contributed by atoms with Crippen LogP contribution in [0.15, 0.2) is 0 Å². The molecule has 5 nitrogen and oxygen atoms in total. The van der Waals surface area contributed by atoms with Gasteiger partial charge in [-0.25, -0.2) is 0 Å². The first-order valence-electron chi connectivity index (χ1n) is 16.7. The van der Waals surface area contributed by atoms with Gasteiger partial charge in [-0.2, -0.15) is 13.2 Å². The molecule has 0 aromatic carbocycles. The molecule has 0 bridgehead atoms. The number of nitro groups is 1. The van der Waals surface area contributed by atoms with Gasteiger partial charge in [0.1, 0.15) is 0 Å². The number of nitrogens with zero attached hydrogens (tertiary/aromatic N) is 1. The molecule has 1 aliphatic carbocycles. The number of halogens is 7. The fraction of sp³-hybridized carbons (Fsp3) is 0.973. The number of carbonyl (C=O) groups is 1. The smallest absolute Gasteiger partial charge is 0.386 e. The Balaban J connectivity index is -0.0000000227. The van der Waals surface area contributed by atoms with Crippen molar-refractivity contribution in [1.82, 2.24) is 0 Å². The minimum Gasteiger partial charge on any atom is -0.481 e. The standard InChI is InChI=1S/2C5H12.C4H8.2C4H10.C3H8.C2H3F3.C2H4O2.C2H6.CH3Br.CH3Cl.CH3F.CH3I.CH3NO2.CH4/c1-5(2,3)4;1-3-5-4-2;1-4-2-3-4;1-4(2)3;1-3-4-2;1-3-2;1-2(3,4)5;1-2(3)4;5*1-2;1-2(3)4;/h1-4H3;3-5H2,1-2H3;4H,2-3H2,1H3;4H,1-3H3;3-4H2,1-2H3;3H2,1-2H3;1H3;1H3,(H,3,4);1-2H3;4*1H3;1H3;1H4. The van der Waals surface area contributed by atoms with Crippen molar-refractivity contribution < 1.29 is 32.4 Å². The lowest BCUT2D eigenvalue weighted by atomic mass is 10.0. The second-order valence-electron chi connectivity index (χ2n) is 11.2. The maximum absolute atomic E-state index is 10.4. The Hall–Kier alpha value is 0.0900. The van der Waals surface area contributed by atoms with Crippen molar-refractivity contribution in [2.45, 2.75) is 190 Å². The largest absolute Gasteiger partial charge is 0.481 e. The minimum atomic E-state index is -4.00. The van der Waals surface area contributed by atoms with Crippen LogP contribution in [0.4, 0.5) is 17.6 Å². The van der Waals surface area contributed by atoms with Gasteiger partial charge in [0.2, 0.25) is 0 Å².